The lowest BCUT2D eigenvalue weighted by Crippen LogP contribution is -2.44. The summed E-state index contributed by atoms with van der Waals surface area (Å²) in [6.45, 7) is 2.00. The minimum atomic E-state index is -0.330. The fraction of sp³-hybridized carbons (Fsp3) is 0.600. The number of hydrogen-bond donors (Lipinski definition) is 1. The molecule has 1 aromatic rings. The summed E-state index contributed by atoms with van der Waals surface area (Å²) in [7, 11) is 2.22. The number of rotatable bonds is 3. The van der Waals surface area contributed by atoms with E-state index in [4.69, 9.17) is 0 Å². The Hall–Kier alpha value is -1.62. The average Bonchev–Trinajstić information content (AvgIpc) is 2.64. The lowest BCUT2D eigenvalue weighted by Gasteiger charge is -2.37. The van der Waals surface area contributed by atoms with Crippen molar-refractivity contribution in [3.8, 4) is 0 Å². The number of nitrogens with one attached hydrogen (secondary N) is 1. The van der Waals surface area contributed by atoms with Crippen molar-refractivity contribution >= 4 is 11.4 Å². The molecule has 2 aliphatic heterocycles. The lowest BCUT2D eigenvalue weighted by atomic mass is 9.97. The van der Waals surface area contributed by atoms with Crippen LogP contribution in [0.2, 0.25) is 0 Å². The van der Waals surface area contributed by atoms with E-state index in [2.05, 4.69) is 17.3 Å². The molecule has 2 atom stereocenters. The van der Waals surface area contributed by atoms with Crippen molar-refractivity contribution in [1.82, 2.24) is 4.90 Å². The predicted octanol–water partition coefficient (Wildman–Crippen LogP) is 2.94. The second kappa shape index (κ2) is 5.05. The smallest absolute Gasteiger partial charge is 0.271 e. The van der Waals surface area contributed by atoms with Crippen molar-refractivity contribution in [2.24, 2.45) is 0 Å². The minimum Gasteiger partial charge on any atom is -0.382 e. The van der Waals surface area contributed by atoms with E-state index >= 15 is 0 Å². The van der Waals surface area contributed by atoms with E-state index < -0.39 is 0 Å². The van der Waals surface area contributed by atoms with Gasteiger partial charge in [-0.2, -0.15) is 0 Å². The van der Waals surface area contributed by atoms with Crippen molar-refractivity contribution in [2.75, 3.05) is 12.4 Å². The molecule has 0 radical (unpaired) electrons. The zero-order chi connectivity index (χ0) is 14.3. The fourth-order valence-corrected chi connectivity index (χ4v) is 3.63. The second-order valence-corrected chi connectivity index (χ2v) is 6.12. The number of fused-ring (bicyclic) bond motifs is 2. The van der Waals surface area contributed by atoms with Crippen molar-refractivity contribution in [1.29, 1.82) is 0 Å². The molecule has 2 unspecified atom stereocenters. The van der Waals surface area contributed by atoms with Crippen LogP contribution in [-0.4, -0.2) is 35.0 Å². The van der Waals surface area contributed by atoms with Gasteiger partial charge in [-0.1, -0.05) is 6.07 Å². The molecule has 2 heterocycles. The first-order chi connectivity index (χ1) is 9.54. The van der Waals surface area contributed by atoms with Gasteiger partial charge in [-0.15, -0.1) is 0 Å². The van der Waals surface area contributed by atoms with Crippen LogP contribution >= 0.6 is 0 Å². The van der Waals surface area contributed by atoms with Gasteiger partial charge in [0, 0.05) is 35.9 Å². The first kappa shape index (κ1) is 13.4. The molecular formula is C15H21N3O2. The van der Waals surface area contributed by atoms with Gasteiger partial charge in [-0.25, -0.2) is 0 Å². The highest BCUT2D eigenvalue weighted by atomic mass is 16.6. The highest BCUT2D eigenvalue weighted by Crippen LogP contribution is 2.36. The third-order valence-electron chi connectivity index (χ3n) is 4.89. The Bertz CT molecular complexity index is 518. The van der Waals surface area contributed by atoms with Crippen LogP contribution in [0.1, 0.15) is 31.2 Å². The van der Waals surface area contributed by atoms with Crippen LogP contribution in [0.4, 0.5) is 11.4 Å². The molecule has 2 saturated heterocycles. The van der Waals surface area contributed by atoms with E-state index in [0.29, 0.717) is 18.1 Å². The first-order valence-corrected chi connectivity index (χ1v) is 7.28. The van der Waals surface area contributed by atoms with Crippen LogP contribution < -0.4 is 5.32 Å². The number of anilines is 1. The summed E-state index contributed by atoms with van der Waals surface area (Å²) in [4.78, 5) is 13.1. The molecule has 0 spiro atoms. The van der Waals surface area contributed by atoms with Gasteiger partial charge in [0.15, 0.2) is 0 Å². The summed E-state index contributed by atoms with van der Waals surface area (Å²) in [5.74, 6) is 0. The molecule has 0 aromatic heterocycles. The maximum atomic E-state index is 10.9. The molecular weight excluding hydrogens is 254 g/mol. The van der Waals surface area contributed by atoms with Crippen LogP contribution in [0.5, 0.6) is 0 Å². The summed E-state index contributed by atoms with van der Waals surface area (Å²) in [5.41, 5.74) is 2.14. The summed E-state index contributed by atoms with van der Waals surface area (Å²) in [6, 6.07) is 6.83. The standard InChI is InChI=1S/C15H21N3O2/c1-10-3-4-14(18(19)20)9-15(10)16-11-7-12-5-6-13(8-11)17(12)2/h3-4,9,11-13,16H,5-8H2,1-2H3. The Morgan fingerprint density at radius 2 is 1.95 bits per heavy atom. The second-order valence-electron chi connectivity index (χ2n) is 6.12. The molecule has 0 saturated carbocycles. The van der Waals surface area contributed by atoms with Crippen LogP contribution in [0, 0.1) is 17.0 Å². The Kier molecular flexibility index (Phi) is 3.38. The molecule has 2 fully saturated rings. The van der Waals surface area contributed by atoms with Crippen molar-refractivity contribution in [2.45, 2.75) is 50.7 Å². The van der Waals surface area contributed by atoms with Crippen molar-refractivity contribution in [3.63, 3.8) is 0 Å². The van der Waals surface area contributed by atoms with Gasteiger partial charge in [0.05, 0.1) is 4.92 Å². The number of benzene rings is 1. The molecule has 5 nitrogen and oxygen atoms in total. The first-order valence-electron chi connectivity index (χ1n) is 7.28. The van der Waals surface area contributed by atoms with Crippen molar-refractivity contribution in [3.05, 3.63) is 33.9 Å². The molecule has 1 N–H and O–H groups in total. The maximum absolute atomic E-state index is 10.9. The highest BCUT2D eigenvalue weighted by molar-refractivity contribution is 5.57. The fourth-order valence-electron chi connectivity index (χ4n) is 3.63. The van der Waals surface area contributed by atoms with Crippen LogP contribution in [-0.2, 0) is 0 Å². The minimum absolute atomic E-state index is 0.161. The van der Waals surface area contributed by atoms with Gasteiger partial charge in [0.1, 0.15) is 0 Å². The molecule has 2 bridgehead atoms. The molecule has 3 rings (SSSR count). The molecule has 1 aromatic carbocycles. The number of hydrogen-bond acceptors (Lipinski definition) is 4. The number of nitrogens with zero attached hydrogens (tertiary/aromatic N) is 2. The van der Waals surface area contributed by atoms with E-state index in [-0.39, 0.29) is 10.6 Å². The normalized spacial score (nSPS) is 29.4. The Labute approximate surface area is 119 Å². The molecule has 0 amide bonds. The predicted molar refractivity (Wildman–Crippen MR) is 79.1 cm³/mol. The number of nitro benzene ring substituents is 1. The third kappa shape index (κ3) is 2.38. The van der Waals surface area contributed by atoms with Gasteiger partial charge in [0.25, 0.3) is 5.69 Å². The quantitative estimate of drug-likeness (QED) is 0.680. The topological polar surface area (TPSA) is 58.4 Å². The van der Waals surface area contributed by atoms with E-state index in [9.17, 15) is 10.1 Å². The molecule has 2 aliphatic rings. The van der Waals surface area contributed by atoms with Gasteiger partial charge in [-0.05, 0) is 45.2 Å². The SMILES string of the molecule is Cc1ccc([N+](=O)[O-])cc1NC1CC2CCC(C1)N2C. The Morgan fingerprint density at radius 3 is 2.55 bits per heavy atom. The van der Waals surface area contributed by atoms with Gasteiger partial charge in [0.2, 0.25) is 0 Å². The van der Waals surface area contributed by atoms with E-state index in [1.807, 2.05) is 13.0 Å². The van der Waals surface area contributed by atoms with Crippen molar-refractivity contribution < 1.29 is 4.92 Å². The Morgan fingerprint density at radius 1 is 1.30 bits per heavy atom. The molecule has 0 aliphatic carbocycles. The summed E-state index contributed by atoms with van der Waals surface area (Å²) in [6.07, 6.45) is 4.84. The van der Waals surface area contributed by atoms with Gasteiger partial charge >= 0.3 is 0 Å². The molecule has 108 valence electrons. The third-order valence-corrected chi connectivity index (χ3v) is 4.89. The Balaban J connectivity index is 1.75. The number of non-ortho nitro benzene ring substituents is 1. The zero-order valence-electron chi connectivity index (χ0n) is 12.0. The van der Waals surface area contributed by atoms with Crippen LogP contribution in [0.3, 0.4) is 0 Å². The largest absolute Gasteiger partial charge is 0.382 e. The maximum Gasteiger partial charge on any atom is 0.271 e. The zero-order valence-corrected chi connectivity index (χ0v) is 12.0. The van der Waals surface area contributed by atoms with E-state index in [1.54, 1.807) is 12.1 Å². The van der Waals surface area contributed by atoms with Crippen LogP contribution in [0.25, 0.3) is 0 Å². The average molecular weight is 275 g/mol. The van der Waals surface area contributed by atoms with Crippen LogP contribution in [0.15, 0.2) is 18.2 Å². The molecule has 20 heavy (non-hydrogen) atoms. The van der Waals surface area contributed by atoms with Gasteiger partial charge < -0.3 is 10.2 Å². The summed E-state index contributed by atoms with van der Waals surface area (Å²) < 4.78 is 0. The van der Waals surface area contributed by atoms with Gasteiger partial charge in [-0.3, -0.25) is 10.1 Å². The molecule has 5 heteroatoms. The number of nitro groups is 1. The number of piperidine rings is 1. The number of aryl methyl sites for hydroxylation is 1. The summed E-state index contributed by atoms with van der Waals surface area (Å²) >= 11 is 0. The lowest BCUT2D eigenvalue weighted by molar-refractivity contribution is -0.384. The monoisotopic (exact) mass is 275 g/mol. The van der Waals surface area contributed by atoms with E-state index in [0.717, 1.165) is 24.1 Å². The summed E-state index contributed by atoms with van der Waals surface area (Å²) in [5, 5.41) is 14.4. The highest BCUT2D eigenvalue weighted by Gasteiger charge is 2.38. The van der Waals surface area contributed by atoms with E-state index in [1.165, 1.54) is 12.8 Å².